The molecule has 0 bridgehead atoms. The van der Waals surface area contributed by atoms with Crippen LogP contribution in [0.5, 0.6) is 0 Å². The molecular weight excluding hydrogens is 136 g/mol. The molecule has 0 saturated carbocycles. The maximum atomic E-state index is 4.07. The van der Waals surface area contributed by atoms with Crippen molar-refractivity contribution in [2.45, 2.75) is 13.8 Å². The summed E-state index contributed by atoms with van der Waals surface area (Å²) < 4.78 is 0. The highest BCUT2D eigenvalue weighted by Gasteiger charge is 1.80. The second-order valence-corrected chi connectivity index (χ2v) is 2.02. The van der Waals surface area contributed by atoms with Crippen LogP contribution in [-0.2, 0) is 0 Å². The second kappa shape index (κ2) is 7.06. The Morgan fingerprint density at radius 2 is 2.27 bits per heavy atom. The van der Waals surface area contributed by atoms with Gasteiger partial charge in [-0.15, -0.1) is 0 Å². The highest BCUT2D eigenvalue weighted by molar-refractivity contribution is 5.72. The summed E-state index contributed by atoms with van der Waals surface area (Å²) in [6.07, 6.45) is 7.75. The molecule has 0 aliphatic carbocycles. The Hall–Kier alpha value is -1.05. The van der Waals surface area contributed by atoms with Crippen LogP contribution in [0, 0.1) is 0 Å². The highest BCUT2D eigenvalue weighted by atomic mass is 14.8. The number of aliphatic imine (C=N–C) groups is 1. The first-order valence-electron chi connectivity index (χ1n) is 3.85. The normalized spacial score (nSPS) is 13.2. The molecule has 11 heavy (non-hydrogen) atoms. The smallest absolute Gasteiger partial charge is 0.0360 e. The average Bonchev–Trinajstić information content (AvgIpc) is 2.03. The first kappa shape index (κ1) is 9.95. The Morgan fingerprint density at radius 1 is 1.55 bits per heavy atom. The van der Waals surface area contributed by atoms with Crippen LogP contribution in [-0.4, -0.2) is 19.8 Å². The maximum Gasteiger partial charge on any atom is 0.0360 e. The Morgan fingerprint density at radius 3 is 2.73 bits per heavy atom. The molecule has 0 aromatic carbocycles. The van der Waals surface area contributed by atoms with Gasteiger partial charge in [0.1, 0.15) is 0 Å². The fourth-order valence-electron chi connectivity index (χ4n) is 0.640. The molecule has 0 unspecified atom stereocenters. The van der Waals surface area contributed by atoms with Gasteiger partial charge in [-0.05, 0) is 26.0 Å². The van der Waals surface area contributed by atoms with E-state index in [4.69, 9.17) is 0 Å². The quantitative estimate of drug-likeness (QED) is 0.481. The molecule has 0 heterocycles. The van der Waals surface area contributed by atoms with Gasteiger partial charge < -0.3 is 5.32 Å². The van der Waals surface area contributed by atoms with Gasteiger partial charge in [0, 0.05) is 25.5 Å². The fraction of sp³-hybridized carbons (Fsp3) is 0.444. The molecule has 0 aromatic rings. The summed E-state index contributed by atoms with van der Waals surface area (Å²) in [6.45, 7) is 4.84. The van der Waals surface area contributed by atoms with Crippen molar-refractivity contribution in [2.24, 2.45) is 4.99 Å². The summed E-state index contributed by atoms with van der Waals surface area (Å²) in [5.74, 6) is 0. The van der Waals surface area contributed by atoms with Crippen LogP contribution in [0.25, 0.3) is 0 Å². The van der Waals surface area contributed by atoms with Crippen LogP contribution in [0.3, 0.4) is 0 Å². The zero-order valence-electron chi connectivity index (χ0n) is 7.46. The van der Waals surface area contributed by atoms with Crippen molar-refractivity contribution in [3.63, 3.8) is 0 Å². The van der Waals surface area contributed by atoms with E-state index in [1.54, 1.807) is 0 Å². The summed E-state index contributed by atoms with van der Waals surface area (Å²) in [5, 5.41) is 3.04. The van der Waals surface area contributed by atoms with Crippen molar-refractivity contribution in [1.82, 2.24) is 5.32 Å². The number of nitrogens with one attached hydrogen (secondary N) is 1. The van der Waals surface area contributed by atoms with Crippen LogP contribution >= 0.6 is 0 Å². The molecule has 2 nitrogen and oxygen atoms in total. The van der Waals surface area contributed by atoms with Gasteiger partial charge in [0.2, 0.25) is 0 Å². The highest BCUT2D eigenvalue weighted by Crippen LogP contribution is 1.87. The van der Waals surface area contributed by atoms with E-state index in [-0.39, 0.29) is 0 Å². The van der Waals surface area contributed by atoms with Crippen molar-refractivity contribution >= 4 is 6.21 Å². The Labute approximate surface area is 68.7 Å². The SMILES string of the molecule is C\C=C/C(=C\C=N\CC)NC. The molecule has 0 saturated heterocycles. The van der Waals surface area contributed by atoms with Gasteiger partial charge >= 0.3 is 0 Å². The number of nitrogens with zero attached hydrogens (tertiary/aromatic N) is 1. The molecule has 0 aromatic heterocycles. The topological polar surface area (TPSA) is 24.4 Å². The van der Waals surface area contributed by atoms with Crippen LogP contribution in [0.4, 0.5) is 0 Å². The number of allylic oxidation sites excluding steroid dienone is 3. The average molecular weight is 152 g/mol. The van der Waals surface area contributed by atoms with Crippen molar-refractivity contribution in [3.8, 4) is 0 Å². The lowest BCUT2D eigenvalue weighted by Gasteiger charge is -1.96. The zero-order chi connectivity index (χ0) is 8.53. The number of rotatable bonds is 4. The molecule has 0 amide bonds. The number of likely N-dealkylation sites (N-methyl/N-ethyl adjacent to an activating group) is 1. The molecule has 0 spiro atoms. The number of hydrogen-bond donors (Lipinski definition) is 1. The van der Waals surface area contributed by atoms with E-state index in [0.717, 1.165) is 12.2 Å². The fourth-order valence-corrected chi connectivity index (χ4v) is 0.640. The molecule has 0 fully saturated rings. The van der Waals surface area contributed by atoms with E-state index in [1.807, 2.05) is 45.3 Å². The van der Waals surface area contributed by atoms with Crippen molar-refractivity contribution in [3.05, 3.63) is 23.9 Å². The lowest BCUT2D eigenvalue weighted by Crippen LogP contribution is -2.02. The third-order valence-electron chi connectivity index (χ3n) is 1.18. The van der Waals surface area contributed by atoms with Crippen molar-refractivity contribution in [2.75, 3.05) is 13.6 Å². The number of hydrogen-bond acceptors (Lipinski definition) is 2. The molecule has 0 rings (SSSR count). The molecule has 62 valence electrons. The lowest BCUT2D eigenvalue weighted by molar-refractivity contribution is 1.03. The predicted octanol–water partition coefficient (Wildman–Crippen LogP) is 1.76. The standard InChI is InChI=1S/C9H16N2/c1-4-6-9(10-3)7-8-11-5-2/h4,6-8,10H,5H2,1-3H3/b6-4-,9-7+,11-8+. The van der Waals surface area contributed by atoms with Crippen molar-refractivity contribution < 1.29 is 0 Å². The Bertz CT molecular complexity index is 166. The summed E-state index contributed by atoms with van der Waals surface area (Å²) in [6, 6.07) is 0. The van der Waals surface area contributed by atoms with E-state index in [1.165, 1.54) is 0 Å². The van der Waals surface area contributed by atoms with E-state index in [2.05, 4.69) is 10.3 Å². The van der Waals surface area contributed by atoms with Gasteiger partial charge in [-0.1, -0.05) is 6.08 Å². The minimum atomic E-state index is 0.837. The van der Waals surface area contributed by atoms with Crippen LogP contribution in [0.1, 0.15) is 13.8 Å². The monoisotopic (exact) mass is 152 g/mol. The second-order valence-electron chi connectivity index (χ2n) is 2.02. The van der Waals surface area contributed by atoms with Gasteiger partial charge in [0.05, 0.1) is 0 Å². The van der Waals surface area contributed by atoms with E-state index in [9.17, 15) is 0 Å². The van der Waals surface area contributed by atoms with Gasteiger partial charge in [-0.2, -0.15) is 0 Å². The third kappa shape index (κ3) is 5.40. The van der Waals surface area contributed by atoms with Crippen LogP contribution < -0.4 is 5.32 Å². The largest absolute Gasteiger partial charge is 0.388 e. The van der Waals surface area contributed by atoms with Gasteiger partial charge in [-0.3, -0.25) is 4.99 Å². The molecule has 0 radical (unpaired) electrons. The maximum absolute atomic E-state index is 4.07. The molecule has 2 heteroatoms. The molecule has 1 N–H and O–H groups in total. The first-order valence-corrected chi connectivity index (χ1v) is 3.85. The van der Waals surface area contributed by atoms with Gasteiger partial charge in [0.25, 0.3) is 0 Å². The van der Waals surface area contributed by atoms with Crippen LogP contribution in [0.15, 0.2) is 28.9 Å². The molecule has 0 atom stereocenters. The molecule has 0 aliphatic rings. The minimum Gasteiger partial charge on any atom is -0.388 e. The predicted molar refractivity (Wildman–Crippen MR) is 51.0 cm³/mol. The Kier molecular flexibility index (Phi) is 6.39. The van der Waals surface area contributed by atoms with Crippen molar-refractivity contribution in [1.29, 1.82) is 0 Å². The summed E-state index contributed by atoms with van der Waals surface area (Å²) in [7, 11) is 1.89. The first-order chi connectivity index (χ1) is 5.35. The third-order valence-corrected chi connectivity index (χ3v) is 1.18. The van der Waals surface area contributed by atoms with Crippen LogP contribution in [0.2, 0.25) is 0 Å². The van der Waals surface area contributed by atoms with E-state index >= 15 is 0 Å². The Balaban J connectivity index is 4.00. The summed E-state index contributed by atoms with van der Waals surface area (Å²) in [4.78, 5) is 4.07. The zero-order valence-corrected chi connectivity index (χ0v) is 7.46. The summed E-state index contributed by atoms with van der Waals surface area (Å²) in [5.41, 5.74) is 1.07. The molecular formula is C9H16N2. The molecule has 0 aliphatic heterocycles. The van der Waals surface area contributed by atoms with E-state index in [0.29, 0.717) is 0 Å². The van der Waals surface area contributed by atoms with E-state index < -0.39 is 0 Å². The lowest BCUT2D eigenvalue weighted by atomic mass is 10.3. The van der Waals surface area contributed by atoms with Gasteiger partial charge in [-0.25, -0.2) is 0 Å². The summed E-state index contributed by atoms with van der Waals surface area (Å²) >= 11 is 0. The van der Waals surface area contributed by atoms with Gasteiger partial charge in [0.15, 0.2) is 0 Å². The minimum absolute atomic E-state index is 0.837.